The van der Waals surface area contributed by atoms with Crippen molar-refractivity contribution in [2.75, 3.05) is 7.11 Å². The minimum atomic E-state index is -0.606. The van der Waals surface area contributed by atoms with Gasteiger partial charge in [0.05, 0.1) is 41.1 Å². The number of ether oxygens (including phenoxy) is 2. The van der Waals surface area contributed by atoms with E-state index in [9.17, 15) is 4.79 Å². The molecule has 7 nitrogen and oxygen atoms in total. The molecule has 0 saturated carbocycles. The highest BCUT2D eigenvalue weighted by Gasteiger charge is 2.22. The minimum absolute atomic E-state index is 0.206. The van der Waals surface area contributed by atoms with Gasteiger partial charge in [-0.2, -0.15) is 5.26 Å². The number of aromatic nitrogens is 2. The molecule has 0 bridgehead atoms. The number of nitrogens with zero attached hydrogens (tertiary/aromatic N) is 3. The maximum Gasteiger partial charge on any atom is 0.344 e. The predicted octanol–water partition coefficient (Wildman–Crippen LogP) is 4.61. The number of methoxy groups -OCH3 is 1. The van der Waals surface area contributed by atoms with Crippen LogP contribution in [0.1, 0.15) is 27.2 Å². The number of fused-ring (bicyclic) bond motifs is 1. The molecule has 2 heterocycles. The Balaban J connectivity index is 1.79. The highest BCUT2D eigenvalue weighted by Crippen LogP contribution is 2.31. The molecule has 2 aromatic carbocycles. The maximum atomic E-state index is 13.1. The third-order valence-electron chi connectivity index (χ3n) is 4.68. The molecule has 30 heavy (non-hydrogen) atoms. The number of esters is 1. The van der Waals surface area contributed by atoms with E-state index in [0.717, 1.165) is 11.1 Å². The molecule has 0 radical (unpaired) electrons. The normalized spacial score (nSPS) is 10.6. The highest BCUT2D eigenvalue weighted by molar-refractivity contribution is 6.05. The molecule has 0 unspecified atom stereocenters. The zero-order chi connectivity index (χ0) is 21.3. The van der Waals surface area contributed by atoms with Gasteiger partial charge in [-0.25, -0.2) is 9.78 Å². The second-order valence-electron chi connectivity index (χ2n) is 6.74. The van der Waals surface area contributed by atoms with Gasteiger partial charge in [-0.3, -0.25) is 0 Å². The van der Waals surface area contributed by atoms with E-state index in [-0.39, 0.29) is 22.8 Å². The molecule has 0 N–H and O–H groups in total. The van der Waals surface area contributed by atoms with E-state index in [1.807, 2.05) is 37.3 Å². The summed E-state index contributed by atoms with van der Waals surface area (Å²) in [6, 6.07) is 16.0. The number of hydrogen-bond donors (Lipinski definition) is 0. The van der Waals surface area contributed by atoms with Crippen LogP contribution >= 0.6 is 0 Å². The highest BCUT2D eigenvalue weighted by atomic mass is 16.6. The van der Waals surface area contributed by atoms with Crippen LogP contribution in [-0.4, -0.2) is 23.2 Å². The fourth-order valence-electron chi connectivity index (χ4n) is 3.10. The van der Waals surface area contributed by atoms with E-state index in [2.05, 4.69) is 10.1 Å². The summed E-state index contributed by atoms with van der Waals surface area (Å²) >= 11 is 0. The van der Waals surface area contributed by atoms with Gasteiger partial charge in [0.2, 0.25) is 0 Å². The van der Waals surface area contributed by atoms with Gasteiger partial charge in [0.25, 0.3) is 5.71 Å². The standard InChI is InChI=1S/C23H17N3O4/c1-13-4-7-16(8-5-13)18-11-17(21-14(2)26-30-22(21)25-18)23(27)29-19-9-6-15(12-24)10-20(19)28-3/h4-11H,1-3H3. The van der Waals surface area contributed by atoms with Gasteiger partial charge in [0.1, 0.15) is 0 Å². The van der Waals surface area contributed by atoms with Crippen molar-refractivity contribution in [1.29, 1.82) is 5.26 Å². The first-order valence-corrected chi connectivity index (χ1v) is 9.14. The van der Waals surface area contributed by atoms with Crippen molar-refractivity contribution >= 4 is 17.1 Å². The number of nitriles is 1. The van der Waals surface area contributed by atoms with Crippen molar-refractivity contribution < 1.29 is 18.8 Å². The Morgan fingerprint density at radius 1 is 1.07 bits per heavy atom. The molecule has 0 fully saturated rings. The fraction of sp³-hybridized carbons (Fsp3) is 0.130. The third kappa shape index (κ3) is 3.47. The van der Waals surface area contributed by atoms with Crippen molar-refractivity contribution in [2.24, 2.45) is 0 Å². The Kier molecular flexibility index (Phi) is 4.90. The quantitative estimate of drug-likeness (QED) is 0.365. The van der Waals surface area contributed by atoms with Gasteiger partial charge < -0.3 is 14.0 Å². The Hall–Kier alpha value is -4.18. The van der Waals surface area contributed by atoms with Crippen molar-refractivity contribution in [3.05, 3.63) is 70.9 Å². The zero-order valence-corrected chi connectivity index (χ0v) is 16.6. The number of carbonyl (C=O) groups is 1. The lowest BCUT2D eigenvalue weighted by Crippen LogP contribution is -2.11. The lowest BCUT2D eigenvalue weighted by atomic mass is 10.0. The number of carbonyl (C=O) groups excluding carboxylic acids is 1. The van der Waals surface area contributed by atoms with E-state index in [1.54, 1.807) is 19.1 Å². The summed E-state index contributed by atoms with van der Waals surface area (Å²) in [6.07, 6.45) is 0. The second-order valence-corrected chi connectivity index (χ2v) is 6.74. The number of aryl methyl sites for hydroxylation is 2. The molecular formula is C23H17N3O4. The lowest BCUT2D eigenvalue weighted by Gasteiger charge is -2.11. The summed E-state index contributed by atoms with van der Waals surface area (Å²) in [4.78, 5) is 17.6. The summed E-state index contributed by atoms with van der Waals surface area (Å²) in [6.45, 7) is 3.73. The maximum absolute atomic E-state index is 13.1. The topological polar surface area (TPSA) is 98.2 Å². The molecule has 7 heteroatoms. The summed E-state index contributed by atoms with van der Waals surface area (Å²) in [5, 5.41) is 13.5. The van der Waals surface area contributed by atoms with E-state index in [1.165, 1.54) is 19.2 Å². The molecule has 0 aliphatic carbocycles. The average Bonchev–Trinajstić information content (AvgIpc) is 3.14. The van der Waals surface area contributed by atoms with Crippen LogP contribution in [0.3, 0.4) is 0 Å². The van der Waals surface area contributed by atoms with E-state index < -0.39 is 5.97 Å². The molecule has 0 aliphatic rings. The van der Waals surface area contributed by atoms with E-state index in [0.29, 0.717) is 22.3 Å². The van der Waals surface area contributed by atoms with E-state index in [4.69, 9.17) is 19.3 Å². The van der Waals surface area contributed by atoms with Crippen LogP contribution in [0.4, 0.5) is 0 Å². The first-order valence-electron chi connectivity index (χ1n) is 9.14. The van der Waals surface area contributed by atoms with Crippen LogP contribution in [0.15, 0.2) is 53.1 Å². The Morgan fingerprint density at radius 3 is 2.53 bits per heavy atom. The number of benzene rings is 2. The molecule has 0 atom stereocenters. The van der Waals surface area contributed by atoms with Gasteiger partial charge in [-0.05, 0) is 32.0 Å². The zero-order valence-electron chi connectivity index (χ0n) is 16.6. The first kappa shape index (κ1) is 19.2. The molecule has 0 spiro atoms. The summed E-state index contributed by atoms with van der Waals surface area (Å²) < 4.78 is 16.2. The van der Waals surface area contributed by atoms with Crippen LogP contribution < -0.4 is 9.47 Å². The molecular weight excluding hydrogens is 382 g/mol. The fourth-order valence-corrected chi connectivity index (χ4v) is 3.10. The van der Waals surface area contributed by atoms with Crippen LogP contribution in [0.5, 0.6) is 11.5 Å². The van der Waals surface area contributed by atoms with Gasteiger partial charge in [0, 0.05) is 11.6 Å². The van der Waals surface area contributed by atoms with Crippen LogP contribution in [0.25, 0.3) is 22.4 Å². The van der Waals surface area contributed by atoms with Crippen molar-refractivity contribution in [3.8, 4) is 28.8 Å². The summed E-state index contributed by atoms with van der Waals surface area (Å²) in [5.74, 6) is -0.115. The molecule has 0 amide bonds. The molecule has 4 rings (SSSR count). The number of pyridine rings is 1. The Morgan fingerprint density at radius 2 is 1.83 bits per heavy atom. The molecule has 0 aliphatic heterocycles. The van der Waals surface area contributed by atoms with Crippen LogP contribution in [0, 0.1) is 25.2 Å². The second kappa shape index (κ2) is 7.68. The smallest absolute Gasteiger partial charge is 0.344 e. The van der Waals surface area contributed by atoms with Crippen LogP contribution in [0.2, 0.25) is 0 Å². The van der Waals surface area contributed by atoms with Gasteiger partial charge in [-0.15, -0.1) is 0 Å². The monoisotopic (exact) mass is 399 g/mol. The van der Waals surface area contributed by atoms with E-state index >= 15 is 0 Å². The molecule has 2 aromatic heterocycles. The Bertz CT molecular complexity index is 1300. The predicted molar refractivity (Wildman–Crippen MR) is 109 cm³/mol. The van der Waals surface area contributed by atoms with Crippen molar-refractivity contribution in [3.63, 3.8) is 0 Å². The minimum Gasteiger partial charge on any atom is -0.493 e. The SMILES string of the molecule is COc1cc(C#N)ccc1OC(=O)c1cc(-c2ccc(C)cc2)nc2onc(C)c12. The Labute approximate surface area is 172 Å². The third-order valence-corrected chi connectivity index (χ3v) is 4.68. The number of hydrogen-bond acceptors (Lipinski definition) is 7. The lowest BCUT2D eigenvalue weighted by molar-refractivity contribution is 0.0731. The molecule has 0 saturated heterocycles. The van der Waals surface area contributed by atoms with Gasteiger partial charge >= 0.3 is 5.97 Å². The van der Waals surface area contributed by atoms with Crippen molar-refractivity contribution in [1.82, 2.24) is 10.1 Å². The number of rotatable bonds is 4. The van der Waals surface area contributed by atoms with Gasteiger partial charge in [-0.1, -0.05) is 35.0 Å². The molecule has 148 valence electrons. The average molecular weight is 399 g/mol. The molecule has 4 aromatic rings. The largest absolute Gasteiger partial charge is 0.493 e. The van der Waals surface area contributed by atoms with Crippen molar-refractivity contribution in [2.45, 2.75) is 13.8 Å². The van der Waals surface area contributed by atoms with Gasteiger partial charge in [0.15, 0.2) is 11.5 Å². The summed E-state index contributed by atoms with van der Waals surface area (Å²) in [5.41, 5.74) is 3.98. The first-order chi connectivity index (χ1) is 14.5. The summed E-state index contributed by atoms with van der Waals surface area (Å²) in [7, 11) is 1.44. The van der Waals surface area contributed by atoms with Crippen LogP contribution in [-0.2, 0) is 0 Å².